The standard InChI is InChI=1S/C18H32N2O5S/c1-17(2,8-15(22)20-7-6-13(9-20)24-5)11-18(3,4)12-19-14(21)10-25-16(23)26/h13H,6-12H2,1-5H3,(H,19,21)(H,23,26). The largest absolute Gasteiger partial charge is 0.448 e. The molecule has 7 nitrogen and oxygen atoms in total. The fourth-order valence-corrected chi connectivity index (χ4v) is 3.67. The lowest BCUT2D eigenvalue weighted by Crippen LogP contribution is -2.40. The Labute approximate surface area is 161 Å². The minimum atomic E-state index is -0.781. The van der Waals surface area contributed by atoms with Gasteiger partial charge in [0.2, 0.25) is 5.91 Å². The molecule has 0 aliphatic carbocycles. The van der Waals surface area contributed by atoms with Crippen LogP contribution < -0.4 is 5.32 Å². The Morgan fingerprint density at radius 1 is 1.19 bits per heavy atom. The van der Waals surface area contributed by atoms with Gasteiger partial charge >= 0.3 is 5.30 Å². The molecule has 1 aliphatic heterocycles. The number of thiol groups is 1. The lowest BCUT2D eigenvalue weighted by molar-refractivity contribution is -0.133. The molecule has 0 bridgehead atoms. The molecule has 150 valence electrons. The fourth-order valence-electron chi connectivity index (χ4n) is 3.60. The number of hydrogen-bond acceptors (Lipinski definition) is 5. The summed E-state index contributed by atoms with van der Waals surface area (Å²) in [6.45, 7) is 9.73. The maximum Gasteiger partial charge on any atom is 0.364 e. The van der Waals surface area contributed by atoms with Crippen LogP contribution in [-0.4, -0.2) is 61.5 Å². The van der Waals surface area contributed by atoms with E-state index in [9.17, 15) is 14.4 Å². The predicted molar refractivity (Wildman–Crippen MR) is 102 cm³/mol. The van der Waals surface area contributed by atoms with Crippen LogP contribution in [0, 0.1) is 10.8 Å². The summed E-state index contributed by atoms with van der Waals surface area (Å²) >= 11 is 3.45. The van der Waals surface area contributed by atoms with Crippen molar-refractivity contribution in [3.05, 3.63) is 0 Å². The molecule has 1 fully saturated rings. The molecule has 8 heteroatoms. The lowest BCUT2D eigenvalue weighted by atomic mass is 9.73. The van der Waals surface area contributed by atoms with Gasteiger partial charge in [0.1, 0.15) is 0 Å². The third-order valence-electron chi connectivity index (χ3n) is 4.51. The summed E-state index contributed by atoms with van der Waals surface area (Å²) in [4.78, 5) is 36.7. The van der Waals surface area contributed by atoms with E-state index in [1.807, 2.05) is 18.7 Å². The Bertz CT molecular complexity index is 522. The summed E-state index contributed by atoms with van der Waals surface area (Å²) in [5, 5.41) is 1.98. The summed E-state index contributed by atoms with van der Waals surface area (Å²) < 4.78 is 9.87. The molecular weight excluding hydrogens is 356 g/mol. The number of hydrogen-bond donors (Lipinski definition) is 2. The summed E-state index contributed by atoms with van der Waals surface area (Å²) in [5.74, 6) is -0.216. The minimum absolute atomic E-state index is 0.139. The quantitative estimate of drug-likeness (QED) is 0.467. The number of amides is 2. The summed E-state index contributed by atoms with van der Waals surface area (Å²) in [7, 11) is 1.68. The number of carbonyl (C=O) groups is 3. The molecule has 0 radical (unpaired) electrons. The summed E-state index contributed by atoms with van der Waals surface area (Å²) in [6.07, 6.45) is 2.25. The van der Waals surface area contributed by atoms with Crippen molar-refractivity contribution in [2.24, 2.45) is 10.8 Å². The van der Waals surface area contributed by atoms with Crippen molar-refractivity contribution in [3.8, 4) is 0 Å². The van der Waals surface area contributed by atoms with Crippen molar-refractivity contribution in [3.63, 3.8) is 0 Å². The van der Waals surface area contributed by atoms with Crippen LogP contribution >= 0.6 is 12.6 Å². The van der Waals surface area contributed by atoms with E-state index in [0.717, 1.165) is 19.4 Å². The second-order valence-corrected chi connectivity index (χ2v) is 8.86. The monoisotopic (exact) mass is 388 g/mol. The van der Waals surface area contributed by atoms with Crippen LogP contribution in [0.3, 0.4) is 0 Å². The van der Waals surface area contributed by atoms with Gasteiger partial charge in [0.05, 0.1) is 6.10 Å². The van der Waals surface area contributed by atoms with Gasteiger partial charge in [-0.3, -0.25) is 9.59 Å². The van der Waals surface area contributed by atoms with E-state index in [0.29, 0.717) is 19.5 Å². The molecule has 0 aromatic rings. The third kappa shape index (κ3) is 8.40. The lowest BCUT2D eigenvalue weighted by Gasteiger charge is -2.35. The molecule has 1 atom stereocenters. The van der Waals surface area contributed by atoms with Crippen molar-refractivity contribution < 1.29 is 23.9 Å². The minimum Gasteiger partial charge on any atom is -0.448 e. The van der Waals surface area contributed by atoms with Gasteiger partial charge in [0.15, 0.2) is 6.61 Å². The van der Waals surface area contributed by atoms with E-state index < -0.39 is 5.30 Å². The van der Waals surface area contributed by atoms with Gasteiger partial charge in [-0.05, 0) is 23.7 Å². The van der Waals surface area contributed by atoms with Crippen molar-refractivity contribution in [1.82, 2.24) is 10.2 Å². The number of ether oxygens (including phenoxy) is 2. The van der Waals surface area contributed by atoms with E-state index in [1.54, 1.807) is 7.11 Å². The number of methoxy groups -OCH3 is 1. The third-order valence-corrected chi connectivity index (χ3v) is 4.64. The summed E-state index contributed by atoms with van der Waals surface area (Å²) in [6, 6.07) is 0. The van der Waals surface area contributed by atoms with Gasteiger partial charge in [0, 0.05) is 33.2 Å². The van der Waals surface area contributed by atoms with Crippen molar-refractivity contribution >= 4 is 29.7 Å². The number of nitrogens with one attached hydrogen (secondary N) is 1. The Balaban J connectivity index is 2.46. The summed E-state index contributed by atoms with van der Waals surface area (Å²) in [5.41, 5.74) is -0.404. The number of likely N-dealkylation sites (tertiary alicyclic amines) is 1. The Kier molecular flexibility index (Phi) is 8.40. The van der Waals surface area contributed by atoms with Crippen molar-refractivity contribution in [1.29, 1.82) is 0 Å². The SMILES string of the molecule is COC1CCN(C(=O)CC(C)(C)CC(C)(C)CNC(=O)COC(=O)S)C1. The van der Waals surface area contributed by atoms with Gasteiger partial charge in [-0.15, -0.1) is 0 Å². The Hall–Kier alpha value is -1.28. The first-order valence-electron chi connectivity index (χ1n) is 8.87. The van der Waals surface area contributed by atoms with E-state index in [2.05, 4.69) is 36.5 Å². The van der Waals surface area contributed by atoms with Crippen LogP contribution in [-0.2, 0) is 19.1 Å². The first-order chi connectivity index (χ1) is 11.9. The predicted octanol–water partition coefficient (Wildman–Crippen LogP) is 2.25. The first kappa shape index (κ1) is 22.8. The molecule has 2 amide bonds. The average Bonchev–Trinajstić information content (AvgIpc) is 2.98. The van der Waals surface area contributed by atoms with Gasteiger partial charge in [-0.1, -0.05) is 40.3 Å². The molecular formula is C18H32N2O5S. The van der Waals surface area contributed by atoms with Crippen LogP contribution in [0.15, 0.2) is 0 Å². The molecule has 0 saturated carbocycles. The van der Waals surface area contributed by atoms with E-state index in [1.165, 1.54) is 0 Å². The molecule has 0 spiro atoms. The molecule has 0 aromatic heterocycles. The number of rotatable bonds is 9. The highest BCUT2D eigenvalue weighted by atomic mass is 32.1. The van der Waals surface area contributed by atoms with Gasteiger partial charge in [-0.2, -0.15) is 0 Å². The zero-order valence-electron chi connectivity index (χ0n) is 16.5. The second-order valence-electron chi connectivity index (χ2n) is 8.50. The van der Waals surface area contributed by atoms with Gasteiger partial charge in [0.25, 0.3) is 5.91 Å². The Morgan fingerprint density at radius 2 is 1.85 bits per heavy atom. The molecule has 1 heterocycles. The van der Waals surface area contributed by atoms with Crippen LogP contribution in [0.25, 0.3) is 0 Å². The molecule has 1 rings (SSSR count). The zero-order valence-corrected chi connectivity index (χ0v) is 17.4. The average molecular weight is 389 g/mol. The topological polar surface area (TPSA) is 84.9 Å². The van der Waals surface area contributed by atoms with Gasteiger partial charge in [-0.25, -0.2) is 4.79 Å². The van der Waals surface area contributed by atoms with Crippen molar-refractivity contribution in [2.45, 2.75) is 53.1 Å². The highest BCUT2D eigenvalue weighted by molar-refractivity contribution is 7.96. The van der Waals surface area contributed by atoms with Crippen LogP contribution in [0.5, 0.6) is 0 Å². The Morgan fingerprint density at radius 3 is 2.38 bits per heavy atom. The van der Waals surface area contributed by atoms with Gasteiger partial charge < -0.3 is 19.7 Å². The van der Waals surface area contributed by atoms with E-state index in [-0.39, 0.29) is 35.4 Å². The smallest absolute Gasteiger partial charge is 0.364 e. The van der Waals surface area contributed by atoms with Crippen molar-refractivity contribution in [2.75, 3.05) is 33.4 Å². The maximum atomic E-state index is 12.6. The second kappa shape index (κ2) is 9.60. The highest BCUT2D eigenvalue weighted by Gasteiger charge is 2.34. The van der Waals surface area contributed by atoms with Crippen LogP contribution in [0.4, 0.5) is 4.79 Å². The normalized spacial score (nSPS) is 17.9. The zero-order chi connectivity index (χ0) is 20.0. The van der Waals surface area contributed by atoms with Crippen LogP contribution in [0.2, 0.25) is 0 Å². The number of carbonyl (C=O) groups excluding carboxylic acids is 3. The first-order valence-corrected chi connectivity index (χ1v) is 9.32. The number of nitrogens with zero attached hydrogens (tertiary/aromatic N) is 1. The molecule has 0 aromatic carbocycles. The fraction of sp³-hybridized carbons (Fsp3) is 0.833. The molecule has 1 saturated heterocycles. The van der Waals surface area contributed by atoms with E-state index in [4.69, 9.17) is 4.74 Å². The van der Waals surface area contributed by atoms with E-state index >= 15 is 0 Å². The molecule has 1 unspecified atom stereocenters. The molecule has 26 heavy (non-hydrogen) atoms. The maximum absolute atomic E-state index is 12.6. The molecule has 1 aliphatic rings. The highest BCUT2D eigenvalue weighted by Crippen LogP contribution is 2.36. The molecule has 1 N–H and O–H groups in total. The van der Waals surface area contributed by atoms with Crippen LogP contribution in [0.1, 0.15) is 47.0 Å².